The number of halogens is 1. The third kappa shape index (κ3) is 4.37. The summed E-state index contributed by atoms with van der Waals surface area (Å²) >= 11 is 5.26. The van der Waals surface area contributed by atoms with Gasteiger partial charge in [0.2, 0.25) is 0 Å². The molecule has 0 fully saturated rings. The van der Waals surface area contributed by atoms with Crippen molar-refractivity contribution in [2.24, 2.45) is 0 Å². The average molecular weight is 139 g/mol. The van der Waals surface area contributed by atoms with E-state index >= 15 is 0 Å². The summed E-state index contributed by atoms with van der Waals surface area (Å²) in [6, 6.07) is 0. The van der Waals surface area contributed by atoms with Gasteiger partial charge < -0.3 is 9.84 Å². The molecule has 0 heterocycles. The van der Waals surface area contributed by atoms with E-state index < -0.39 is 6.10 Å². The second kappa shape index (κ2) is 5.35. The number of aliphatic hydroxyl groups excluding tert-OH is 1. The van der Waals surface area contributed by atoms with E-state index in [9.17, 15) is 0 Å². The molecule has 0 radical (unpaired) electrons. The smallest absolute Gasteiger partial charge is 0.0908 e. The molecule has 0 rings (SSSR count). The van der Waals surface area contributed by atoms with Gasteiger partial charge >= 0.3 is 0 Å². The second-order valence-corrected chi connectivity index (χ2v) is 1.78. The summed E-state index contributed by atoms with van der Waals surface area (Å²) in [5.74, 6) is 0.250. The third-order valence-electron chi connectivity index (χ3n) is 0.692. The SMILES string of the molecule is CCOC[C@H](O)CCl. The molecule has 0 amide bonds. The first-order chi connectivity index (χ1) is 3.81. The highest BCUT2D eigenvalue weighted by molar-refractivity contribution is 6.18. The Hall–Kier alpha value is 0.210. The molecule has 0 aliphatic heterocycles. The molecule has 0 unspecified atom stereocenters. The number of hydrogen-bond acceptors (Lipinski definition) is 2. The van der Waals surface area contributed by atoms with Crippen molar-refractivity contribution >= 4 is 11.6 Å². The Bertz CT molecular complexity index is 49.7. The van der Waals surface area contributed by atoms with Crippen molar-refractivity contribution < 1.29 is 9.84 Å². The maximum atomic E-state index is 8.73. The van der Waals surface area contributed by atoms with Gasteiger partial charge in [0, 0.05) is 6.61 Å². The van der Waals surface area contributed by atoms with Gasteiger partial charge in [0.15, 0.2) is 0 Å². The van der Waals surface area contributed by atoms with Crippen molar-refractivity contribution in [3.63, 3.8) is 0 Å². The summed E-state index contributed by atoms with van der Waals surface area (Å²) in [6.07, 6.45) is -0.503. The Labute approximate surface area is 54.4 Å². The molecular weight excluding hydrogens is 128 g/mol. The van der Waals surface area contributed by atoms with Crippen LogP contribution >= 0.6 is 11.6 Å². The van der Waals surface area contributed by atoms with Gasteiger partial charge in [0.05, 0.1) is 18.6 Å². The van der Waals surface area contributed by atoms with Gasteiger partial charge in [-0.3, -0.25) is 0 Å². The second-order valence-electron chi connectivity index (χ2n) is 1.47. The average Bonchev–Trinajstić information content (AvgIpc) is 1.83. The molecule has 0 aromatic carbocycles. The standard InChI is InChI=1S/C5H11ClO2/c1-2-8-4-5(7)3-6/h5,7H,2-4H2,1H3/t5-/m1/s1. The van der Waals surface area contributed by atoms with Crippen LogP contribution in [0.4, 0.5) is 0 Å². The van der Waals surface area contributed by atoms with E-state index in [0.717, 1.165) is 0 Å². The van der Waals surface area contributed by atoms with E-state index in [0.29, 0.717) is 13.2 Å². The summed E-state index contributed by atoms with van der Waals surface area (Å²) < 4.78 is 4.85. The zero-order valence-corrected chi connectivity index (χ0v) is 5.69. The molecule has 8 heavy (non-hydrogen) atoms. The van der Waals surface area contributed by atoms with Crippen molar-refractivity contribution in [1.82, 2.24) is 0 Å². The van der Waals surface area contributed by atoms with E-state index in [1.165, 1.54) is 0 Å². The van der Waals surface area contributed by atoms with Crippen LogP contribution in [0.1, 0.15) is 6.92 Å². The molecule has 1 N–H and O–H groups in total. The Balaban J connectivity index is 2.86. The van der Waals surface area contributed by atoms with Gasteiger partial charge in [-0.15, -0.1) is 11.6 Å². The quantitative estimate of drug-likeness (QED) is 0.578. The lowest BCUT2D eigenvalue weighted by molar-refractivity contribution is 0.0544. The number of aliphatic hydroxyl groups is 1. The van der Waals surface area contributed by atoms with E-state index in [-0.39, 0.29) is 5.88 Å². The van der Waals surface area contributed by atoms with Crippen LogP contribution in [0, 0.1) is 0 Å². The first kappa shape index (κ1) is 8.21. The minimum Gasteiger partial charge on any atom is -0.389 e. The molecule has 50 valence electrons. The highest BCUT2D eigenvalue weighted by atomic mass is 35.5. The monoisotopic (exact) mass is 138 g/mol. The highest BCUT2D eigenvalue weighted by Crippen LogP contribution is 1.87. The van der Waals surface area contributed by atoms with Crippen LogP contribution in [-0.2, 0) is 4.74 Å². The zero-order chi connectivity index (χ0) is 6.41. The molecule has 0 aliphatic rings. The fraction of sp³-hybridized carbons (Fsp3) is 1.00. The predicted octanol–water partition coefficient (Wildman–Crippen LogP) is 0.623. The molecule has 0 aromatic heterocycles. The third-order valence-corrected chi connectivity index (χ3v) is 1.05. The van der Waals surface area contributed by atoms with Crippen molar-refractivity contribution in [1.29, 1.82) is 0 Å². The lowest BCUT2D eigenvalue weighted by Crippen LogP contribution is -2.16. The topological polar surface area (TPSA) is 29.5 Å². The number of rotatable bonds is 4. The van der Waals surface area contributed by atoms with E-state index in [4.69, 9.17) is 21.4 Å². The van der Waals surface area contributed by atoms with Crippen LogP contribution in [0.25, 0.3) is 0 Å². The summed E-state index contributed by atoms with van der Waals surface area (Å²) in [5, 5.41) is 8.73. The van der Waals surface area contributed by atoms with E-state index in [1.54, 1.807) is 0 Å². The maximum absolute atomic E-state index is 8.73. The van der Waals surface area contributed by atoms with Gasteiger partial charge in [-0.05, 0) is 6.92 Å². The van der Waals surface area contributed by atoms with Crippen LogP contribution in [0.3, 0.4) is 0 Å². The van der Waals surface area contributed by atoms with Crippen molar-refractivity contribution in [3.05, 3.63) is 0 Å². The first-order valence-corrected chi connectivity index (χ1v) is 3.16. The first-order valence-electron chi connectivity index (χ1n) is 2.63. The summed E-state index contributed by atoms with van der Waals surface area (Å²) in [7, 11) is 0. The summed E-state index contributed by atoms with van der Waals surface area (Å²) in [5.41, 5.74) is 0. The van der Waals surface area contributed by atoms with E-state index in [1.807, 2.05) is 6.92 Å². The molecule has 0 saturated heterocycles. The number of alkyl halides is 1. The Morgan fingerprint density at radius 1 is 1.75 bits per heavy atom. The van der Waals surface area contributed by atoms with Crippen LogP contribution in [0.2, 0.25) is 0 Å². The van der Waals surface area contributed by atoms with Crippen molar-refractivity contribution in [2.45, 2.75) is 13.0 Å². The lowest BCUT2D eigenvalue weighted by Gasteiger charge is -2.04. The maximum Gasteiger partial charge on any atom is 0.0908 e. The fourth-order valence-electron chi connectivity index (χ4n) is 0.298. The molecule has 0 spiro atoms. The normalized spacial score (nSPS) is 13.9. The summed E-state index contributed by atoms with van der Waals surface area (Å²) in [6.45, 7) is 2.86. The van der Waals surface area contributed by atoms with Crippen LogP contribution < -0.4 is 0 Å². The molecule has 0 aromatic rings. The highest BCUT2D eigenvalue weighted by Gasteiger charge is 1.98. The fourth-order valence-corrected chi connectivity index (χ4v) is 0.388. The number of hydrogen-bond donors (Lipinski definition) is 1. The van der Waals surface area contributed by atoms with Gasteiger partial charge in [-0.1, -0.05) is 0 Å². The van der Waals surface area contributed by atoms with Crippen LogP contribution in [0.5, 0.6) is 0 Å². The Morgan fingerprint density at radius 2 is 2.38 bits per heavy atom. The zero-order valence-electron chi connectivity index (χ0n) is 4.93. The molecule has 0 bridgehead atoms. The van der Waals surface area contributed by atoms with Gasteiger partial charge in [-0.25, -0.2) is 0 Å². The number of ether oxygens (including phenoxy) is 1. The largest absolute Gasteiger partial charge is 0.389 e. The minimum atomic E-state index is -0.503. The molecule has 3 heteroatoms. The molecule has 0 aliphatic carbocycles. The van der Waals surface area contributed by atoms with Crippen LogP contribution in [0.15, 0.2) is 0 Å². The van der Waals surface area contributed by atoms with Crippen LogP contribution in [-0.4, -0.2) is 30.3 Å². The van der Waals surface area contributed by atoms with Crippen molar-refractivity contribution in [3.8, 4) is 0 Å². The summed E-state index contributed by atoms with van der Waals surface area (Å²) in [4.78, 5) is 0. The van der Waals surface area contributed by atoms with Gasteiger partial charge in [0.1, 0.15) is 0 Å². The molecule has 2 nitrogen and oxygen atoms in total. The lowest BCUT2D eigenvalue weighted by atomic mass is 10.4. The van der Waals surface area contributed by atoms with Gasteiger partial charge in [-0.2, -0.15) is 0 Å². The van der Waals surface area contributed by atoms with Gasteiger partial charge in [0.25, 0.3) is 0 Å². The molecule has 0 saturated carbocycles. The molecule has 1 atom stereocenters. The van der Waals surface area contributed by atoms with E-state index in [2.05, 4.69) is 0 Å². The Kier molecular flexibility index (Phi) is 5.49. The minimum absolute atomic E-state index is 0.250. The molecular formula is C5H11ClO2. The predicted molar refractivity (Wildman–Crippen MR) is 33.2 cm³/mol. The van der Waals surface area contributed by atoms with Crippen molar-refractivity contribution in [2.75, 3.05) is 19.1 Å². The Morgan fingerprint density at radius 3 is 2.75 bits per heavy atom.